The molecule has 0 aliphatic heterocycles. The zero-order chi connectivity index (χ0) is 21.0. The Morgan fingerprint density at radius 2 is 1.61 bits per heavy atom. The molecule has 2 rings (SSSR count). The minimum atomic E-state index is -1.24. The molecule has 1 amide bonds. The van der Waals surface area contributed by atoms with E-state index in [-0.39, 0.29) is 21.9 Å². The Labute approximate surface area is 169 Å². The van der Waals surface area contributed by atoms with Crippen molar-refractivity contribution in [2.45, 2.75) is 0 Å². The van der Waals surface area contributed by atoms with Crippen molar-refractivity contribution in [2.24, 2.45) is 0 Å². The summed E-state index contributed by atoms with van der Waals surface area (Å²) in [6.45, 7) is 0. The van der Waals surface area contributed by atoms with E-state index in [0.717, 1.165) is 12.1 Å². The Balaban J connectivity index is 2.24. The minimum absolute atomic E-state index is 0.0889. The lowest BCUT2D eigenvalue weighted by Crippen LogP contribution is -2.34. The molecule has 3 N–H and O–H groups in total. The number of nitro benzene ring substituents is 2. The van der Waals surface area contributed by atoms with Gasteiger partial charge in [0.05, 0.1) is 32.7 Å². The van der Waals surface area contributed by atoms with Gasteiger partial charge in [0.25, 0.3) is 17.3 Å². The monoisotopic (exact) mass is 468 g/mol. The van der Waals surface area contributed by atoms with Crippen molar-refractivity contribution in [3.05, 3.63) is 72.2 Å². The predicted molar refractivity (Wildman–Crippen MR) is 105 cm³/mol. The fraction of sp³-hybridized carbons (Fsp3) is 0. The number of carboxylic acids is 1. The molecule has 0 radical (unpaired) electrons. The van der Waals surface area contributed by atoms with Crippen LogP contribution in [0.4, 0.5) is 17.1 Å². The number of nitrogens with zero attached hydrogens (tertiary/aromatic N) is 2. The molecule has 0 bridgehead atoms. The quantitative estimate of drug-likeness (QED) is 0.339. The molecule has 0 saturated carbocycles. The van der Waals surface area contributed by atoms with Crippen LogP contribution in [0.3, 0.4) is 0 Å². The molecule has 28 heavy (non-hydrogen) atoms. The molecule has 0 aromatic heterocycles. The van der Waals surface area contributed by atoms with E-state index in [1.165, 1.54) is 12.1 Å². The van der Waals surface area contributed by atoms with Crippen molar-refractivity contribution in [1.29, 1.82) is 0 Å². The summed E-state index contributed by atoms with van der Waals surface area (Å²) in [5.74, 6) is -2.19. The van der Waals surface area contributed by atoms with Crippen LogP contribution < -0.4 is 10.6 Å². The molecule has 13 heteroatoms. The van der Waals surface area contributed by atoms with Crippen LogP contribution in [-0.2, 0) is 0 Å². The summed E-state index contributed by atoms with van der Waals surface area (Å²) in [4.78, 5) is 43.6. The third-order valence-electron chi connectivity index (χ3n) is 3.27. The molecule has 0 aliphatic carbocycles. The van der Waals surface area contributed by atoms with Gasteiger partial charge in [0.1, 0.15) is 0 Å². The number of nitro groups is 2. The first kappa shape index (κ1) is 20.9. The van der Waals surface area contributed by atoms with Gasteiger partial charge in [0.15, 0.2) is 5.11 Å². The maximum absolute atomic E-state index is 12.3. The second-order valence-corrected chi connectivity index (χ2v) is 6.48. The van der Waals surface area contributed by atoms with Crippen LogP contribution in [0.1, 0.15) is 20.7 Å². The van der Waals surface area contributed by atoms with Crippen molar-refractivity contribution in [2.75, 3.05) is 5.32 Å². The zero-order valence-electron chi connectivity index (χ0n) is 13.5. The lowest BCUT2D eigenvalue weighted by molar-refractivity contribution is -0.394. The van der Waals surface area contributed by atoms with Crippen LogP contribution in [0.15, 0.2) is 40.9 Å². The molecule has 0 heterocycles. The van der Waals surface area contributed by atoms with Crippen molar-refractivity contribution < 1.29 is 24.5 Å². The number of benzene rings is 2. The van der Waals surface area contributed by atoms with Gasteiger partial charge in [-0.3, -0.25) is 30.3 Å². The first-order chi connectivity index (χ1) is 13.1. The van der Waals surface area contributed by atoms with Crippen molar-refractivity contribution >= 4 is 62.2 Å². The molecule has 144 valence electrons. The molecular weight excluding hydrogens is 460 g/mol. The van der Waals surface area contributed by atoms with E-state index in [9.17, 15) is 34.9 Å². The molecule has 11 nitrogen and oxygen atoms in total. The summed E-state index contributed by atoms with van der Waals surface area (Å²) in [6.07, 6.45) is 0. The van der Waals surface area contributed by atoms with Crippen LogP contribution in [-0.4, -0.2) is 31.9 Å². The Morgan fingerprint density at radius 1 is 1.04 bits per heavy atom. The first-order valence-electron chi connectivity index (χ1n) is 7.17. The molecule has 0 unspecified atom stereocenters. The van der Waals surface area contributed by atoms with Gasteiger partial charge in [-0.05, 0) is 30.4 Å². The van der Waals surface area contributed by atoms with Gasteiger partial charge < -0.3 is 10.4 Å². The second kappa shape index (κ2) is 8.49. The number of hydrogen-bond acceptors (Lipinski definition) is 7. The summed E-state index contributed by atoms with van der Waals surface area (Å²) >= 11 is 8.08. The van der Waals surface area contributed by atoms with Gasteiger partial charge in [-0.15, -0.1) is 0 Å². The maximum atomic E-state index is 12.3. The van der Waals surface area contributed by atoms with Crippen molar-refractivity contribution in [1.82, 2.24) is 5.32 Å². The van der Waals surface area contributed by atoms with Crippen molar-refractivity contribution in [3.8, 4) is 0 Å². The zero-order valence-corrected chi connectivity index (χ0v) is 15.9. The van der Waals surface area contributed by atoms with Crippen LogP contribution in [0.5, 0.6) is 0 Å². The van der Waals surface area contributed by atoms with Crippen molar-refractivity contribution in [3.63, 3.8) is 0 Å². The van der Waals surface area contributed by atoms with E-state index in [4.69, 9.17) is 12.2 Å². The van der Waals surface area contributed by atoms with E-state index in [2.05, 4.69) is 26.6 Å². The number of halogens is 1. The topological polar surface area (TPSA) is 165 Å². The van der Waals surface area contributed by atoms with Crippen LogP contribution >= 0.6 is 28.1 Å². The van der Waals surface area contributed by atoms with Crippen LogP contribution in [0, 0.1) is 20.2 Å². The standard InChI is InChI=1S/C15H9BrN4O7S/c16-8-1-2-12(11(5-8)14(22)23)17-15(28)18-13(21)7-3-9(19(24)25)6-10(4-7)20(26)27/h1-6H,(H,22,23)(H2,17,18,21,28). The highest BCUT2D eigenvalue weighted by Crippen LogP contribution is 2.23. The van der Waals surface area contributed by atoms with E-state index in [0.29, 0.717) is 10.5 Å². The van der Waals surface area contributed by atoms with Gasteiger partial charge in [0, 0.05) is 16.6 Å². The number of nitrogens with one attached hydrogen (secondary N) is 2. The number of non-ortho nitro benzene ring substituents is 2. The van der Waals surface area contributed by atoms with Gasteiger partial charge in [-0.1, -0.05) is 15.9 Å². The van der Waals surface area contributed by atoms with Gasteiger partial charge in [0.2, 0.25) is 0 Å². The third-order valence-corrected chi connectivity index (χ3v) is 3.97. The third kappa shape index (κ3) is 5.05. The Hall–Kier alpha value is -3.45. The molecular formula is C15H9BrN4O7S. The number of aromatic carboxylic acids is 1. The Bertz CT molecular complexity index is 995. The fourth-order valence-electron chi connectivity index (χ4n) is 2.07. The fourth-order valence-corrected chi connectivity index (χ4v) is 2.63. The maximum Gasteiger partial charge on any atom is 0.337 e. The number of thiocarbonyl (C=S) groups is 1. The highest BCUT2D eigenvalue weighted by molar-refractivity contribution is 9.10. The van der Waals surface area contributed by atoms with E-state index in [1.807, 2.05) is 0 Å². The predicted octanol–water partition coefficient (Wildman–Crippen LogP) is 3.09. The Kier molecular flexibility index (Phi) is 6.33. The molecule has 2 aromatic rings. The number of amides is 1. The average molecular weight is 469 g/mol. The number of rotatable bonds is 5. The smallest absolute Gasteiger partial charge is 0.337 e. The number of carboxylic acid groups (broad SMARTS) is 1. The molecule has 0 saturated heterocycles. The van der Waals surface area contributed by atoms with E-state index >= 15 is 0 Å². The normalized spacial score (nSPS) is 10.0. The number of anilines is 1. The summed E-state index contributed by atoms with van der Waals surface area (Å²) in [6, 6.07) is 6.70. The van der Waals surface area contributed by atoms with E-state index in [1.54, 1.807) is 6.07 Å². The van der Waals surface area contributed by atoms with Gasteiger partial charge >= 0.3 is 5.97 Å². The average Bonchev–Trinajstić information content (AvgIpc) is 2.62. The van der Waals surface area contributed by atoms with E-state index < -0.39 is 33.1 Å². The number of carbonyl (C=O) groups excluding carboxylic acids is 1. The molecule has 2 aromatic carbocycles. The second-order valence-electron chi connectivity index (χ2n) is 5.16. The molecule has 0 aliphatic rings. The first-order valence-corrected chi connectivity index (χ1v) is 8.37. The molecule has 0 spiro atoms. The molecule has 0 atom stereocenters. The number of hydrogen-bond donors (Lipinski definition) is 3. The van der Waals surface area contributed by atoms with Crippen LogP contribution in [0.25, 0.3) is 0 Å². The highest BCUT2D eigenvalue weighted by atomic mass is 79.9. The summed E-state index contributed by atoms with van der Waals surface area (Å²) in [7, 11) is 0. The Morgan fingerprint density at radius 3 is 2.11 bits per heavy atom. The SMILES string of the molecule is O=C(NC(=S)Nc1ccc(Br)cc1C(=O)O)c1cc([N+](=O)[O-])cc([N+](=O)[O-])c1. The summed E-state index contributed by atoms with van der Waals surface area (Å²) < 4.78 is 0.509. The lowest BCUT2D eigenvalue weighted by atomic mass is 10.1. The number of carbonyl (C=O) groups is 2. The van der Waals surface area contributed by atoms with Gasteiger partial charge in [-0.2, -0.15) is 0 Å². The van der Waals surface area contributed by atoms with Gasteiger partial charge in [-0.25, -0.2) is 4.79 Å². The van der Waals surface area contributed by atoms with Crippen LogP contribution in [0.2, 0.25) is 0 Å². The highest BCUT2D eigenvalue weighted by Gasteiger charge is 2.21. The lowest BCUT2D eigenvalue weighted by Gasteiger charge is -2.12. The minimum Gasteiger partial charge on any atom is -0.478 e. The molecule has 0 fully saturated rings. The summed E-state index contributed by atoms with van der Waals surface area (Å²) in [5, 5.41) is 35.4. The largest absolute Gasteiger partial charge is 0.478 e. The summed E-state index contributed by atoms with van der Waals surface area (Å²) in [5.41, 5.74) is -1.68.